The van der Waals surface area contributed by atoms with E-state index in [2.05, 4.69) is 10.3 Å². The number of amides is 1. The summed E-state index contributed by atoms with van der Waals surface area (Å²) in [5.41, 5.74) is 0.102. The number of aromatic nitrogens is 1. The summed E-state index contributed by atoms with van der Waals surface area (Å²) in [6.45, 7) is 0. The van der Waals surface area contributed by atoms with E-state index in [0.29, 0.717) is 5.82 Å². The monoisotopic (exact) mass is 232 g/mol. The molecule has 1 aliphatic carbocycles. The molecule has 0 unspecified atom stereocenters. The zero-order valence-corrected chi connectivity index (χ0v) is 9.09. The summed E-state index contributed by atoms with van der Waals surface area (Å²) in [6, 6.07) is 2.90. The average molecular weight is 232 g/mol. The van der Waals surface area contributed by atoms with E-state index < -0.39 is 5.97 Å². The van der Waals surface area contributed by atoms with Crippen molar-refractivity contribution in [3.05, 3.63) is 36.0 Å². The second kappa shape index (κ2) is 4.78. The quantitative estimate of drug-likeness (QED) is 0.777. The number of hydrogen-bond donors (Lipinski definition) is 2. The number of nitrogens with one attached hydrogen (secondary N) is 1. The van der Waals surface area contributed by atoms with Gasteiger partial charge < -0.3 is 10.4 Å². The molecule has 5 heteroatoms. The number of hydrogen-bond acceptors (Lipinski definition) is 3. The molecule has 2 N–H and O–H groups in total. The largest absolute Gasteiger partial charge is 0.478 e. The maximum Gasteiger partial charge on any atom is 0.337 e. The molecule has 0 spiro atoms. The summed E-state index contributed by atoms with van der Waals surface area (Å²) in [7, 11) is 0. The van der Waals surface area contributed by atoms with Gasteiger partial charge in [0.25, 0.3) is 0 Å². The van der Waals surface area contributed by atoms with Crippen molar-refractivity contribution in [2.45, 2.75) is 12.8 Å². The molecule has 88 valence electrons. The molecule has 0 bridgehead atoms. The molecule has 0 radical (unpaired) electrons. The summed E-state index contributed by atoms with van der Waals surface area (Å²) in [5.74, 6) is -0.760. The van der Waals surface area contributed by atoms with Crippen LogP contribution in [-0.4, -0.2) is 22.0 Å². The molecular weight excluding hydrogens is 220 g/mol. The SMILES string of the molecule is O=C(O)c1ccc(NC(=O)C2CC=CC2)nc1. The molecule has 2 rings (SSSR count). The molecule has 1 aromatic heterocycles. The van der Waals surface area contributed by atoms with Gasteiger partial charge in [0, 0.05) is 12.1 Å². The van der Waals surface area contributed by atoms with Crippen LogP contribution in [0.1, 0.15) is 23.2 Å². The lowest BCUT2D eigenvalue weighted by molar-refractivity contribution is -0.119. The molecule has 1 aromatic rings. The smallest absolute Gasteiger partial charge is 0.337 e. The van der Waals surface area contributed by atoms with Crippen molar-refractivity contribution < 1.29 is 14.7 Å². The number of allylic oxidation sites excluding steroid dienone is 2. The van der Waals surface area contributed by atoms with E-state index >= 15 is 0 Å². The van der Waals surface area contributed by atoms with Gasteiger partial charge in [-0.2, -0.15) is 0 Å². The van der Waals surface area contributed by atoms with Crippen LogP contribution in [0.5, 0.6) is 0 Å². The number of pyridine rings is 1. The molecular formula is C12H12N2O3. The summed E-state index contributed by atoms with van der Waals surface area (Å²) in [6.07, 6.45) is 6.68. The Morgan fingerprint density at radius 3 is 2.53 bits per heavy atom. The van der Waals surface area contributed by atoms with Gasteiger partial charge in [0.2, 0.25) is 5.91 Å². The van der Waals surface area contributed by atoms with Gasteiger partial charge in [-0.05, 0) is 25.0 Å². The molecule has 0 atom stereocenters. The molecule has 1 heterocycles. The Kier molecular flexibility index (Phi) is 3.18. The average Bonchev–Trinajstić information content (AvgIpc) is 2.83. The van der Waals surface area contributed by atoms with Gasteiger partial charge in [0.15, 0.2) is 0 Å². The second-order valence-electron chi connectivity index (χ2n) is 3.87. The number of carbonyl (C=O) groups excluding carboxylic acids is 1. The number of anilines is 1. The number of carboxylic acid groups (broad SMARTS) is 1. The van der Waals surface area contributed by atoms with Crippen LogP contribution < -0.4 is 5.32 Å². The first-order valence-corrected chi connectivity index (χ1v) is 5.32. The van der Waals surface area contributed by atoms with Crippen molar-refractivity contribution in [2.75, 3.05) is 5.32 Å². The fourth-order valence-electron chi connectivity index (χ4n) is 1.65. The van der Waals surface area contributed by atoms with E-state index in [1.54, 1.807) is 0 Å². The van der Waals surface area contributed by atoms with E-state index in [1.165, 1.54) is 18.3 Å². The van der Waals surface area contributed by atoms with Crippen LogP contribution in [0.4, 0.5) is 5.82 Å². The van der Waals surface area contributed by atoms with Crippen LogP contribution in [0.3, 0.4) is 0 Å². The Morgan fingerprint density at radius 2 is 2.00 bits per heavy atom. The minimum atomic E-state index is -1.03. The minimum absolute atomic E-state index is 0.0315. The van der Waals surface area contributed by atoms with Gasteiger partial charge in [0.1, 0.15) is 5.82 Å². The van der Waals surface area contributed by atoms with E-state index in [0.717, 1.165) is 12.8 Å². The minimum Gasteiger partial charge on any atom is -0.478 e. The summed E-state index contributed by atoms with van der Waals surface area (Å²) in [4.78, 5) is 26.2. The summed E-state index contributed by atoms with van der Waals surface area (Å²) in [5, 5.41) is 11.4. The fraction of sp³-hybridized carbons (Fsp3) is 0.250. The van der Waals surface area contributed by atoms with Crippen LogP contribution in [-0.2, 0) is 4.79 Å². The summed E-state index contributed by atoms with van der Waals surface area (Å²) < 4.78 is 0. The zero-order chi connectivity index (χ0) is 12.3. The van der Waals surface area contributed by atoms with Crippen molar-refractivity contribution >= 4 is 17.7 Å². The third-order valence-electron chi connectivity index (χ3n) is 2.64. The lowest BCUT2D eigenvalue weighted by Gasteiger charge is -2.09. The first-order valence-electron chi connectivity index (χ1n) is 5.32. The van der Waals surface area contributed by atoms with E-state index in [1.807, 2.05) is 12.2 Å². The molecule has 5 nitrogen and oxygen atoms in total. The predicted octanol–water partition coefficient (Wildman–Crippen LogP) is 1.68. The van der Waals surface area contributed by atoms with Crippen molar-refractivity contribution in [2.24, 2.45) is 5.92 Å². The molecule has 0 aromatic carbocycles. The molecule has 0 saturated carbocycles. The zero-order valence-electron chi connectivity index (χ0n) is 9.09. The Bertz CT molecular complexity index is 457. The van der Waals surface area contributed by atoms with Crippen LogP contribution in [0, 0.1) is 5.92 Å². The normalized spacial score (nSPS) is 14.8. The molecule has 1 amide bonds. The maximum atomic E-state index is 11.7. The predicted molar refractivity (Wildman–Crippen MR) is 61.7 cm³/mol. The highest BCUT2D eigenvalue weighted by Gasteiger charge is 2.19. The third kappa shape index (κ3) is 2.69. The highest BCUT2D eigenvalue weighted by Crippen LogP contribution is 2.19. The molecule has 1 aliphatic rings. The Labute approximate surface area is 98.2 Å². The fourth-order valence-corrected chi connectivity index (χ4v) is 1.65. The molecule has 0 fully saturated rings. The Hall–Kier alpha value is -2.17. The topological polar surface area (TPSA) is 79.3 Å². The summed E-state index contributed by atoms with van der Waals surface area (Å²) >= 11 is 0. The van der Waals surface area contributed by atoms with E-state index in [4.69, 9.17) is 5.11 Å². The van der Waals surface area contributed by atoms with Crippen molar-refractivity contribution in [3.8, 4) is 0 Å². The second-order valence-corrected chi connectivity index (χ2v) is 3.87. The number of nitrogens with zero attached hydrogens (tertiary/aromatic N) is 1. The number of rotatable bonds is 3. The first kappa shape index (κ1) is 11.3. The van der Waals surface area contributed by atoms with Crippen LogP contribution >= 0.6 is 0 Å². The Balaban J connectivity index is 1.99. The van der Waals surface area contributed by atoms with Gasteiger partial charge in [-0.3, -0.25) is 4.79 Å². The van der Waals surface area contributed by atoms with Crippen LogP contribution in [0.15, 0.2) is 30.5 Å². The van der Waals surface area contributed by atoms with Gasteiger partial charge >= 0.3 is 5.97 Å². The lowest BCUT2D eigenvalue weighted by atomic mass is 10.1. The van der Waals surface area contributed by atoms with Crippen molar-refractivity contribution in [1.82, 2.24) is 4.98 Å². The third-order valence-corrected chi connectivity index (χ3v) is 2.64. The van der Waals surface area contributed by atoms with Crippen LogP contribution in [0.25, 0.3) is 0 Å². The van der Waals surface area contributed by atoms with Crippen LogP contribution in [0.2, 0.25) is 0 Å². The molecule has 0 aliphatic heterocycles. The number of aromatic carboxylic acids is 1. The highest BCUT2D eigenvalue weighted by atomic mass is 16.4. The van der Waals surface area contributed by atoms with Crippen molar-refractivity contribution in [1.29, 1.82) is 0 Å². The van der Waals surface area contributed by atoms with Gasteiger partial charge in [-0.15, -0.1) is 0 Å². The maximum absolute atomic E-state index is 11.7. The standard InChI is InChI=1S/C12H12N2O3/c15-11(8-3-1-2-4-8)14-10-6-5-9(7-13-10)12(16)17/h1-2,5-8H,3-4H2,(H,16,17)(H,13,14,15). The van der Waals surface area contributed by atoms with E-state index in [9.17, 15) is 9.59 Å². The van der Waals surface area contributed by atoms with Gasteiger partial charge in [-0.1, -0.05) is 12.2 Å². The number of carbonyl (C=O) groups is 2. The van der Waals surface area contributed by atoms with E-state index in [-0.39, 0.29) is 17.4 Å². The highest BCUT2D eigenvalue weighted by molar-refractivity contribution is 5.93. The molecule has 17 heavy (non-hydrogen) atoms. The van der Waals surface area contributed by atoms with Crippen molar-refractivity contribution in [3.63, 3.8) is 0 Å². The molecule has 0 saturated heterocycles. The lowest BCUT2D eigenvalue weighted by Crippen LogP contribution is -2.21. The Morgan fingerprint density at radius 1 is 1.29 bits per heavy atom. The van der Waals surface area contributed by atoms with Gasteiger partial charge in [-0.25, -0.2) is 9.78 Å². The first-order chi connectivity index (χ1) is 8.16. The van der Waals surface area contributed by atoms with Gasteiger partial charge in [0.05, 0.1) is 5.56 Å². The number of carboxylic acids is 1.